The van der Waals surface area contributed by atoms with Gasteiger partial charge in [0.15, 0.2) is 0 Å². The lowest BCUT2D eigenvalue weighted by atomic mass is 10.3. The van der Waals surface area contributed by atoms with Gasteiger partial charge in [-0.25, -0.2) is 0 Å². The van der Waals surface area contributed by atoms with Gasteiger partial charge in [-0.3, -0.25) is 4.79 Å². The van der Waals surface area contributed by atoms with E-state index in [4.69, 9.17) is 5.73 Å². The average molecular weight is 104 g/mol. The number of amides is 1. The molecule has 44 valence electrons. The van der Waals surface area contributed by atoms with Gasteiger partial charge in [-0.2, -0.15) is 0 Å². The van der Waals surface area contributed by atoms with Gasteiger partial charge in [0.2, 0.25) is 5.91 Å². The third kappa shape index (κ3) is 0.899. The summed E-state index contributed by atoms with van der Waals surface area (Å²) < 4.78 is 0. The van der Waals surface area contributed by atoms with Crippen LogP contribution < -0.4 is 11.1 Å². The molecule has 1 aliphatic heterocycles. The first kappa shape index (κ1) is 4.59. The van der Waals surface area contributed by atoms with Gasteiger partial charge in [-0.15, -0.1) is 0 Å². The van der Waals surface area contributed by atoms with Crippen LogP contribution in [0, 0.1) is 0 Å². The zero-order valence-corrected chi connectivity index (χ0v) is 3.98. The van der Waals surface area contributed by atoms with E-state index in [0.29, 0.717) is 13.0 Å². The van der Waals surface area contributed by atoms with Crippen LogP contribution in [0.1, 0.15) is 9.27 Å². The maximum Gasteiger partial charge on any atom is 0.221 e. The highest BCUT2D eigenvalue weighted by atomic mass is 16.1. The van der Waals surface area contributed by atoms with Crippen LogP contribution in [0.25, 0.3) is 0 Å². The van der Waals surface area contributed by atoms with Crippen LogP contribution in [0.2, 0.25) is 0 Å². The Balaban J connectivity index is 0. The molecule has 1 saturated heterocycles. The first-order valence-electron chi connectivity index (χ1n) is 2.31. The molecule has 1 heterocycles. The molecule has 0 radical (unpaired) electrons. The zero-order valence-electron chi connectivity index (χ0n) is 3.98. The summed E-state index contributed by atoms with van der Waals surface area (Å²) in [7, 11) is 0. The van der Waals surface area contributed by atoms with Crippen LogP contribution in [-0.4, -0.2) is 18.5 Å². The largest absolute Gasteiger partial charge is 0.354 e. The van der Waals surface area contributed by atoms with Gasteiger partial charge in [-0.05, 0) is 0 Å². The van der Waals surface area contributed by atoms with Gasteiger partial charge in [0.25, 0.3) is 0 Å². The van der Waals surface area contributed by atoms with E-state index in [9.17, 15) is 4.79 Å². The average Bonchev–Trinajstić information content (AvgIpc) is 1.87. The predicted molar refractivity (Wildman–Crippen MR) is 29.8 cm³/mol. The Bertz CT molecular complexity index is 98.6. The molecule has 0 aliphatic carbocycles. The number of nitrogens with two attached hydrogens (primary N) is 1. The molecule has 7 heavy (non-hydrogen) atoms. The van der Waals surface area contributed by atoms with Crippen LogP contribution in [0.5, 0.6) is 0 Å². The van der Waals surface area contributed by atoms with E-state index in [-0.39, 0.29) is 14.8 Å². The molecule has 1 atom stereocenters. The molecule has 1 aliphatic rings. The van der Waals surface area contributed by atoms with Gasteiger partial charge < -0.3 is 11.1 Å². The van der Waals surface area contributed by atoms with Gasteiger partial charge in [0.1, 0.15) is 0 Å². The summed E-state index contributed by atoms with van der Waals surface area (Å²) in [5, 5.41) is 2.61. The molecule has 1 amide bonds. The van der Waals surface area contributed by atoms with Crippen molar-refractivity contribution in [2.45, 2.75) is 12.5 Å². The van der Waals surface area contributed by atoms with Crippen LogP contribution >= 0.6 is 0 Å². The highest BCUT2D eigenvalue weighted by Gasteiger charge is 2.15. The van der Waals surface area contributed by atoms with E-state index in [2.05, 4.69) is 5.32 Å². The maximum absolute atomic E-state index is 10.3. The minimum atomic E-state index is 0. The van der Waals surface area contributed by atoms with Crippen LogP contribution in [0.3, 0.4) is 0 Å². The third-order valence-electron chi connectivity index (χ3n) is 1.01. The van der Waals surface area contributed by atoms with Crippen LogP contribution in [0.15, 0.2) is 0 Å². The molecule has 1 fully saturated rings. The fourth-order valence-electron chi connectivity index (χ4n) is 0.627. The highest BCUT2D eigenvalue weighted by molar-refractivity contribution is 5.78. The maximum atomic E-state index is 10.3. The topological polar surface area (TPSA) is 55.1 Å². The molecule has 0 unspecified atom stereocenters. The van der Waals surface area contributed by atoms with Gasteiger partial charge in [0, 0.05) is 21.9 Å². The number of rotatable bonds is 0. The molecule has 0 saturated carbocycles. The number of hydrogen-bond donors (Lipinski definition) is 2. The Hall–Kier alpha value is -0.570. The van der Waals surface area contributed by atoms with E-state index in [0.717, 1.165) is 0 Å². The molecule has 0 aromatic carbocycles. The fourth-order valence-corrected chi connectivity index (χ4v) is 0.627. The Morgan fingerprint density at radius 3 is 2.86 bits per heavy atom. The lowest BCUT2D eigenvalue weighted by Crippen LogP contribution is -2.22. The Morgan fingerprint density at radius 1 is 2.00 bits per heavy atom. The van der Waals surface area contributed by atoms with Crippen molar-refractivity contribution in [1.82, 2.24) is 5.32 Å². The van der Waals surface area contributed by atoms with Crippen LogP contribution in [-0.2, 0) is 4.79 Å². The predicted octanol–water partition coefficient (Wildman–Crippen LogP) is -0.674. The van der Waals surface area contributed by atoms with E-state index in [1.807, 2.05) is 0 Å². The summed E-state index contributed by atoms with van der Waals surface area (Å²) in [6, 6.07) is 0.0625. The second kappa shape index (κ2) is 1.50. The zero-order chi connectivity index (χ0) is 5.28. The number of nitrogens with one attached hydrogen (secondary N) is 1. The van der Waals surface area contributed by atoms with E-state index < -0.39 is 0 Å². The van der Waals surface area contributed by atoms with Crippen molar-refractivity contribution in [1.29, 1.82) is 0 Å². The van der Waals surface area contributed by atoms with Crippen molar-refractivity contribution in [3.8, 4) is 0 Å². The minimum Gasteiger partial charge on any atom is -0.354 e. The quantitative estimate of drug-likeness (QED) is 0.428. The van der Waals surface area contributed by atoms with Crippen molar-refractivity contribution < 1.29 is 7.65 Å². The molecular formula is C4H12N2O. The molecule has 3 nitrogen and oxygen atoms in total. The molecule has 0 bridgehead atoms. The lowest BCUT2D eigenvalue weighted by molar-refractivity contribution is -0.119. The number of carbonyl (C=O) groups excluding carboxylic acids is 1. The monoisotopic (exact) mass is 104 g/mol. The van der Waals surface area contributed by atoms with Crippen molar-refractivity contribution >= 4 is 5.91 Å². The van der Waals surface area contributed by atoms with Crippen molar-refractivity contribution in [3.63, 3.8) is 0 Å². The van der Waals surface area contributed by atoms with Crippen molar-refractivity contribution in [2.24, 2.45) is 5.73 Å². The molecule has 0 aromatic rings. The first-order chi connectivity index (χ1) is 3.29. The van der Waals surface area contributed by atoms with Gasteiger partial charge in [-0.1, -0.05) is 0 Å². The normalized spacial score (nSPS) is 30.4. The number of hydrogen-bond acceptors (Lipinski definition) is 2. The van der Waals surface area contributed by atoms with Crippen molar-refractivity contribution in [3.05, 3.63) is 0 Å². The third-order valence-corrected chi connectivity index (χ3v) is 1.01. The summed E-state index contributed by atoms with van der Waals surface area (Å²) in [4.78, 5) is 10.3. The van der Waals surface area contributed by atoms with E-state index in [1.165, 1.54) is 0 Å². The van der Waals surface area contributed by atoms with Crippen molar-refractivity contribution in [2.75, 3.05) is 6.54 Å². The standard InChI is InChI=1S/C4H8N2O.2H2/c5-3-1-4(7)6-2-3;;/h3H,1-2,5H2,(H,6,7);2*1H/t3-;;/m1../s1. The highest BCUT2D eigenvalue weighted by Crippen LogP contribution is 1.92. The Morgan fingerprint density at radius 2 is 2.71 bits per heavy atom. The second-order valence-corrected chi connectivity index (χ2v) is 1.77. The number of carbonyl (C=O) groups is 1. The molecule has 0 aromatic heterocycles. The minimum absolute atomic E-state index is 0. The smallest absolute Gasteiger partial charge is 0.221 e. The summed E-state index contributed by atoms with van der Waals surface area (Å²) in [5.74, 6) is 0.0764. The first-order valence-corrected chi connectivity index (χ1v) is 2.31. The summed E-state index contributed by atoms with van der Waals surface area (Å²) in [6.07, 6.45) is 0.500. The van der Waals surface area contributed by atoms with E-state index in [1.54, 1.807) is 0 Å². The van der Waals surface area contributed by atoms with Gasteiger partial charge in [0.05, 0.1) is 0 Å². The SMILES string of the molecule is N[C@H]1CNC(=O)C1.[HH].[HH]. The van der Waals surface area contributed by atoms with Crippen LogP contribution in [0.4, 0.5) is 0 Å². The summed E-state index contributed by atoms with van der Waals surface area (Å²) in [6.45, 7) is 0.652. The summed E-state index contributed by atoms with van der Waals surface area (Å²) >= 11 is 0. The lowest BCUT2D eigenvalue weighted by Gasteiger charge is -1.90. The van der Waals surface area contributed by atoms with Gasteiger partial charge >= 0.3 is 0 Å². The molecular weight excluding hydrogens is 92.1 g/mol. The van der Waals surface area contributed by atoms with E-state index >= 15 is 0 Å². The molecule has 0 spiro atoms. The second-order valence-electron chi connectivity index (χ2n) is 1.77. The molecule has 1 rings (SSSR count). The fraction of sp³-hybridized carbons (Fsp3) is 0.750. The summed E-state index contributed by atoms with van der Waals surface area (Å²) in [5.41, 5.74) is 5.34. The Kier molecular flexibility index (Phi) is 0.982. The molecule has 3 heteroatoms. The Labute approximate surface area is 44.8 Å². The molecule has 3 N–H and O–H groups in total.